The van der Waals surface area contributed by atoms with Crippen molar-refractivity contribution in [2.75, 3.05) is 58.7 Å². The number of para-hydroxylation sites is 1. The van der Waals surface area contributed by atoms with Crippen LogP contribution in [0, 0.1) is 6.92 Å². The minimum Gasteiger partial charge on any atom is -0.322 e. The van der Waals surface area contributed by atoms with Crippen molar-refractivity contribution in [1.82, 2.24) is 19.7 Å². The third-order valence-electron chi connectivity index (χ3n) is 4.74. The zero-order valence-electron chi connectivity index (χ0n) is 15.3. The molecule has 1 aliphatic heterocycles. The number of nitrogens with zero attached hydrogens (tertiary/aromatic N) is 4. The van der Waals surface area contributed by atoms with Gasteiger partial charge in [0.2, 0.25) is 0 Å². The molecule has 1 aromatic carbocycles. The molecule has 134 valence electrons. The summed E-state index contributed by atoms with van der Waals surface area (Å²) in [7, 11) is 4.21. The van der Waals surface area contributed by atoms with Crippen molar-refractivity contribution in [2.45, 2.75) is 6.92 Å². The van der Waals surface area contributed by atoms with E-state index in [4.69, 9.17) is 0 Å². The zero-order valence-corrected chi connectivity index (χ0v) is 15.3. The molecule has 1 aromatic heterocycles. The number of likely N-dealkylation sites (N-methyl/N-ethyl adjacent to an activating group) is 2. The van der Waals surface area contributed by atoms with Crippen molar-refractivity contribution in [1.29, 1.82) is 0 Å². The molecule has 6 nitrogen and oxygen atoms in total. The van der Waals surface area contributed by atoms with Gasteiger partial charge in [-0.05, 0) is 33.2 Å². The number of carbonyl (C=O) groups excluding carboxylic acids is 1. The maximum absolute atomic E-state index is 12.9. The standard InChI is InChI=1S/C19H27N5O/c1-15-14-18(16-6-4-5-7-17(16)20-15)21-19(25)24-12-10-22(2)8-9-23(3)11-13-24/h4-7,14H,8-13H2,1-3H3,(H,20,21,25). The lowest BCUT2D eigenvalue weighted by Gasteiger charge is -2.25. The maximum Gasteiger partial charge on any atom is 0.321 e. The highest BCUT2D eigenvalue weighted by molar-refractivity contribution is 6.00. The van der Waals surface area contributed by atoms with E-state index in [1.54, 1.807) is 0 Å². The summed E-state index contributed by atoms with van der Waals surface area (Å²) in [6.45, 7) is 7.25. The average Bonchev–Trinajstić information content (AvgIpc) is 2.66. The van der Waals surface area contributed by atoms with Crippen molar-refractivity contribution >= 4 is 22.6 Å². The minimum absolute atomic E-state index is 0.0422. The van der Waals surface area contributed by atoms with Gasteiger partial charge in [-0.1, -0.05) is 18.2 Å². The van der Waals surface area contributed by atoms with Crippen LogP contribution in [0.15, 0.2) is 30.3 Å². The molecule has 1 N–H and O–H groups in total. The number of rotatable bonds is 1. The van der Waals surface area contributed by atoms with Crippen LogP contribution in [0.1, 0.15) is 5.69 Å². The highest BCUT2D eigenvalue weighted by Crippen LogP contribution is 2.23. The number of urea groups is 1. The Morgan fingerprint density at radius 3 is 2.28 bits per heavy atom. The van der Waals surface area contributed by atoms with Crippen LogP contribution < -0.4 is 5.32 Å². The molecule has 1 aliphatic rings. The van der Waals surface area contributed by atoms with Crippen LogP contribution in [0.3, 0.4) is 0 Å². The fourth-order valence-corrected chi connectivity index (χ4v) is 3.07. The number of nitrogens with one attached hydrogen (secondary N) is 1. The summed E-state index contributed by atoms with van der Waals surface area (Å²) in [5.41, 5.74) is 2.63. The number of benzene rings is 1. The normalized spacial score (nSPS) is 17.8. The highest BCUT2D eigenvalue weighted by Gasteiger charge is 2.18. The Morgan fingerprint density at radius 2 is 1.60 bits per heavy atom. The van der Waals surface area contributed by atoms with Crippen molar-refractivity contribution in [2.24, 2.45) is 0 Å². The SMILES string of the molecule is Cc1cc(NC(=O)N2CCN(C)CCN(C)CC2)c2ccccc2n1. The molecule has 2 amide bonds. The number of carbonyl (C=O) groups is 1. The molecule has 2 aromatic rings. The Kier molecular flexibility index (Phi) is 5.50. The predicted octanol–water partition coefficient (Wildman–Crippen LogP) is 2.25. The molecule has 1 fully saturated rings. The smallest absolute Gasteiger partial charge is 0.321 e. The van der Waals surface area contributed by atoms with Gasteiger partial charge in [0.05, 0.1) is 11.2 Å². The van der Waals surface area contributed by atoms with E-state index in [1.807, 2.05) is 42.2 Å². The first-order chi connectivity index (χ1) is 12.0. The summed E-state index contributed by atoms with van der Waals surface area (Å²) in [6, 6.07) is 9.81. The summed E-state index contributed by atoms with van der Waals surface area (Å²) in [5, 5.41) is 4.08. The average molecular weight is 341 g/mol. The molecular formula is C19H27N5O. The number of anilines is 1. The van der Waals surface area contributed by atoms with Crippen molar-refractivity contribution in [3.8, 4) is 0 Å². The maximum atomic E-state index is 12.9. The summed E-state index contributed by atoms with van der Waals surface area (Å²) >= 11 is 0. The third-order valence-corrected chi connectivity index (χ3v) is 4.74. The number of fused-ring (bicyclic) bond motifs is 1. The van der Waals surface area contributed by atoms with Gasteiger partial charge in [-0.2, -0.15) is 0 Å². The van der Waals surface area contributed by atoms with Crippen molar-refractivity contribution in [3.05, 3.63) is 36.0 Å². The van der Waals surface area contributed by atoms with Crippen LogP contribution >= 0.6 is 0 Å². The first-order valence-electron chi connectivity index (χ1n) is 8.82. The van der Waals surface area contributed by atoms with Crippen LogP contribution in [0.5, 0.6) is 0 Å². The number of aryl methyl sites for hydroxylation is 1. The molecule has 1 saturated heterocycles. The van der Waals surface area contributed by atoms with Gasteiger partial charge in [0.1, 0.15) is 0 Å². The lowest BCUT2D eigenvalue weighted by Crippen LogP contribution is -2.41. The lowest BCUT2D eigenvalue weighted by atomic mass is 10.1. The summed E-state index contributed by atoms with van der Waals surface area (Å²) in [6.07, 6.45) is 0. The molecule has 25 heavy (non-hydrogen) atoms. The van der Waals surface area contributed by atoms with Crippen LogP contribution in [-0.2, 0) is 0 Å². The Bertz CT molecular complexity index is 734. The topological polar surface area (TPSA) is 51.7 Å². The molecule has 6 heteroatoms. The summed E-state index contributed by atoms with van der Waals surface area (Å²) < 4.78 is 0. The van der Waals surface area contributed by atoms with E-state index in [0.717, 1.165) is 61.6 Å². The molecular weight excluding hydrogens is 314 g/mol. The van der Waals surface area contributed by atoms with Crippen LogP contribution in [-0.4, -0.2) is 79.1 Å². The first-order valence-corrected chi connectivity index (χ1v) is 8.82. The van der Waals surface area contributed by atoms with Gasteiger partial charge in [0.25, 0.3) is 0 Å². The Morgan fingerprint density at radius 1 is 1.00 bits per heavy atom. The second-order valence-corrected chi connectivity index (χ2v) is 6.85. The van der Waals surface area contributed by atoms with E-state index in [2.05, 4.69) is 34.2 Å². The summed E-state index contributed by atoms with van der Waals surface area (Å²) in [5.74, 6) is 0. The van der Waals surface area contributed by atoms with Crippen LogP contribution in [0.4, 0.5) is 10.5 Å². The molecule has 3 rings (SSSR count). The molecule has 0 unspecified atom stereocenters. The fraction of sp³-hybridized carbons (Fsp3) is 0.474. The van der Waals surface area contributed by atoms with E-state index in [-0.39, 0.29) is 6.03 Å². The number of hydrogen-bond acceptors (Lipinski definition) is 4. The van der Waals surface area contributed by atoms with E-state index in [1.165, 1.54) is 0 Å². The lowest BCUT2D eigenvalue weighted by molar-refractivity contribution is 0.203. The van der Waals surface area contributed by atoms with E-state index in [0.29, 0.717) is 0 Å². The van der Waals surface area contributed by atoms with Gasteiger partial charge < -0.3 is 20.0 Å². The van der Waals surface area contributed by atoms with Crippen molar-refractivity contribution < 1.29 is 4.79 Å². The predicted molar refractivity (Wildman–Crippen MR) is 102 cm³/mol. The van der Waals surface area contributed by atoms with Crippen LogP contribution in [0.25, 0.3) is 10.9 Å². The van der Waals surface area contributed by atoms with E-state index >= 15 is 0 Å². The second kappa shape index (κ2) is 7.80. The van der Waals surface area contributed by atoms with Gasteiger partial charge in [0.15, 0.2) is 0 Å². The number of aromatic nitrogens is 1. The Balaban J connectivity index is 1.78. The first kappa shape index (κ1) is 17.6. The number of amides is 2. The largest absolute Gasteiger partial charge is 0.322 e. The fourth-order valence-electron chi connectivity index (χ4n) is 3.07. The Hall–Kier alpha value is -2.18. The molecule has 0 saturated carbocycles. The van der Waals surface area contributed by atoms with Gasteiger partial charge in [-0.3, -0.25) is 4.98 Å². The van der Waals surface area contributed by atoms with Gasteiger partial charge in [-0.25, -0.2) is 4.79 Å². The van der Waals surface area contributed by atoms with Crippen LogP contribution in [0.2, 0.25) is 0 Å². The van der Waals surface area contributed by atoms with Gasteiger partial charge in [-0.15, -0.1) is 0 Å². The number of pyridine rings is 1. The van der Waals surface area contributed by atoms with Gasteiger partial charge >= 0.3 is 6.03 Å². The summed E-state index contributed by atoms with van der Waals surface area (Å²) in [4.78, 5) is 23.9. The monoisotopic (exact) mass is 341 g/mol. The molecule has 0 radical (unpaired) electrons. The Labute approximate surface area is 149 Å². The van der Waals surface area contributed by atoms with Crippen molar-refractivity contribution in [3.63, 3.8) is 0 Å². The second-order valence-electron chi connectivity index (χ2n) is 6.85. The highest BCUT2D eigenvalue weighted by atomic mass is 16.2. The van der Waals surface area contributed by atoms with E-state index < -0.39 is 0 Å². The van der Waals surface area contributed by atoms with E-state index in [9.17, 15) is 4.79 Å². The molecule has 0 spiro atoms. The third kappa shape index (κ3) is 4.46. The minimum atomic E-state index is -0.0422. The van der Waals surface area contributed by atoms with Gasteiger partial charge in [0, 0.05) is 50.3 Å². The quantitative estimate of drug-likeness (QED) is 0.864. The molecule has 0 atom stereocenters. The number of hydrogen-bond donors (Lipinski definition) is 1. The molecule has 0 bridgehead atoms. The zero-order chi connectivity index (χ0) is 17.8. The molecule has 2 heterocycles. The molecule has 0 aliphatic carbocycles.